The summed E-state index contributed by atoms with van der Waals surface area (Å²) in [5.41, 5.74) is 2.72. The standard InChI is InChI=1S/C16H16BrClN2O/c1-10(19-16-9-13(17)6-7-15(16)18)12-4-3-5-14(8-12)20-11(2)21/h3-10,19H,1-2H3,(H,20,21). The summed E-state index contributed by atoms with van der Waals surface area (Å²) in [5, 5.41) is 6.83. The highest BCUT2D eigenvalue weighted by Gasteiger charge is 2.09. The molecule has 0 radical (unpaired) electrons. The average Bonchev–Trinajstić information content (AvgIpc) is 2.42. The first-order chi connectivity index (χ1) is 9.95. The first-order valence-corrected chi connectivity index (χ1v) is 7.72. The Morgan fingerprint density at radius 1 is 1.24 bits per heavy atom. The Hall–Kier alpha value is -1.52. The molecule has 5 heteroatoms. The van der Waals surface area contributed by atoms with E-state index in [-0.39, 0.29) is 11.9 Å². The molecule has 1 amide bonds. The van der Waals surface area contributed by atoms with E-state index < -0.39 is 0 Å². The summed E-state index contributed by atoms with van der Waals surface area (Å²) < 4.78 is 0.966. The maximum absolute atomic E-state index is 11.1. The van der Waals surface area contributed by atoms with Crippen LogP contribution in [-0.4, -0.2) is 5.91 Å². The number of carbonyl (C=O) groups excluding carboxylic acids is 1. The number of carbonyl (C=O) groups is 1. The second-order valence-corrected chi connectivity index (χ2v) is 6.12. The molecule has 0 aliphatic carbocycles. The van der Waals surface area contributed by atoms with Gasteiger partial charge in [-0.05, 0) is 42.8 Å². The van der Waals surface area contributed by atoms with Crippen LogP contribution >= 0.6 is 27.5 Å². The zero-order valence-electron chi connectivity index (χ0n) is 11.8. The van der Waals surface area contributed by atoms with Gasteiger partial charge >= 0.3 is 0 Å². The highest BCUT2D eigenvalue weighted by Crippen LogP contribution is 2.29. The minimum atomic E-state index is -0.0807. The smallest absolute Gasteiger partial charge is 0.221 e. The van der Waals surface area contributed by atoms with E-state index in [0.717, 1.165) is 21.4 Å². The van der Waals surface area contributed by atoms with Crippen molar-refractivity contribution in [2.24, 2.45) is 0 Å². The van der Waals surface area contributed by atoms with Gasteiger partial charge in [-0.2, -0.15) is 0 Å². The number of hydrogen-bond donors (Lipinski definition) is 2. The quantitative estimate of drug-likeness (QED) is 0.776. The molecule has 0 heterocycles. The third-order valence-electron chi connectivity index (χ3n) is 3.01. The normalized spacial score (nSPS) is 11.8. The van der Waals surface area contributed by atoms with E-state index in [1.807, 2.05) is 49.4 Å². The highest BCUT2D eigenvalue weighted by atomic mass is 79.9. The number of nitrogens with one attached hydrogen (secondary N) is 2. The largest absolute Gasteiger partial charge is 0.377 e. The topological polar surface area (TPSA) is 41.1 Å². The molecule has 2 aromatic carbocycles. The summed E-state index contributed by atoms with van der Waals surface area (Å²) >= 11 is 9.62. The summed E-state index contributed by atoms with van der Waals surface area (Å²) in [6.45, 7) is 3.54. The first kappa shape index (κ1) is 15.9. The van der Waals surface area contributed by atoms with Crippen LogP contribution in [-0.2, 0) is 4.79 Å². The van der Waals surface area contributed by atoms with Crippen LogP contribution in [0.5, 0.6) is 0 Å². The molecule has 0 aliphatic heterocycles. The summed E-state index contributed by atoms with van der Waals surface area (Å²) in [5.74, 6) is -0.0807. The number of hydrogen-bond acceptors (Lipinski definition) is 2. The van der Waals surface area contributed by atoms with Gasteiger partial charge in [-0.15, -0.1) is 0 Å². The maximum Gasteiger partial charge on any atom is 0.221 e. The lowest BCUT2D eigenvalue weighted by Gasteiger charge is -2.18. The first-order valence-electron chi connectivity index (χ1n) is 6.55. The predicted molar refractivity (Wildman–Crippen MR) is 91.9 cm³/mol. The van der Waals surface area contributed by atoms with Gasteiger partial charge in [0.15, 0.2) is 0 Å². The molecule has 2 rings (SSSR count). The van der Waals surface area contributed by atoms with Crippen LogP contribution in [0.2, 0.25) is 5.02 Å². The van der Waals surface area contributed by atoms with E-state index in [2.05, 4.69) is 26.6 Å². The van der Waals surface area contributed by atoms with E-state index in [1.165, 1.54) is 6.92 Å². The van der Waals surface area contributed by atoms with Crippen molar-refractivity contribution in [1.29, 1.82) is 0 Å². The van der Waals surface area contributed by atoms with Gasteiger partial charge in [-0.1, -0.05) is 39.7 Å². The van der Waals surface area contributed by atoms with Gasteiger partial charge in [0.1, 0.15) is 0 Å². The van der Waals surface area contributed by atoms with Crippen molar-refractivity contribution < 1.29 is 4.79 Å². The van der Waals surface area contributed by atoms with E-state index in [0.29, 0.717) is 5.02 Å². The van der Waals surface area contributed by atoms with Crippen LogP contribution in [0, 0.1) is 0 Å². The summed E-state index contributed by atoms with van der Waals surface area (Å²) in [4.78, 5) is 11.1. The Balaban J connectivity index is 2.18. The molecule has 0 saturated heterocycles. The molecule has 2 aromatic rings. The number of halogens is 2. The van der Waals surface area contributed by atoms with E-state index in [1.54, 1.807) is 0 Å². The van der Waals surface area contributed by atoms with E-state index in [4.69, 9.17) is 11.6 Å². The fourth-order valence-corrected chi connectivity index (χ4v) is 2.55. The van der Waals surface area contributed by atoms with Crippen molar-refractivity contribution in [3.05, 3.63) is 57.5 Å². The number of anilines is 2. The molecule has 0 aliphatic rings. The second kappa shape index (κ2) is 6.96. The number of benzene rings is 2. The predicted octanol–water partition coefficient (Wildman–Crippen LogP) is 5.23. The summed E-state index contributed by atoms with van der Waals surface area (Å²) in [7, 11) is 0. The molecule has 0 aromatic heterocycles. The van der Waals surface area contributed by atoms with Crippen LogP contribution < -0.4 is 10.6 Å². The molecule has 3 nitrogen and oxygen atoms in total. The van der Waals surface area contributed by atoms with Gasteiger partial charge in [-0.3, -0.25) is 4.79 Å². The molecular formula is C16H16BrClN2O. The third kappa shape index (κ3) is 4.48. The Bertz CT molecular complexity index is 660. The van der Waals surface area contributed by atoms with Gasteiger partial charge in [0, 0.05) is 23.1 Å². The van der Waals surface area contributed by atoms with Crippen LogP contribution in [0.25, 0.3) is 0 Å². The van der Waals surface area contributed by atoms with Crippen molar-refractivity contribution in [1.82, 2.24) is 0 Å². The van der Waals surface area contributed by atoms with Crippen LogP contribution in [0.3, 0.4) is 0 Å². The molecule has 0 spiro atoms. The van der Waals surface area contributed by atoms with Gasteiger partial charge in [-0.25, -0.2) is 0 Å². The fourth-order valence-electron chi connectivity index (χ4n) is 2.01. The molecule has 1 atom stereocenters. The lowest BCUT2D eigenvalue weighted by atomic mass is 10.1. The Morgan fingerprint density at radius 2 is 2.00 bits per heavy atom. The third-order valence-corrected chi connectivity index (χ3v) is 3.83. The Labute approximate surface area is 137 Å². The molecule has 2 N–H and O–H groups in total. The van der Waals surface area contributed by atoms with Crippen molar-refractivity contribution in [2.45, 2.75) is 19.9 Å². The SMILES string of the molecule is CC(=O)Nc1cccc(C(C)Nc2cc(Br)ccc2Cl)c1. The lowest BCUT2D eigenvalue weighted by Crippen LogP contribution is -2.09. The van der Waals surface area contributed by atoms with E-state index in [9.17, 15) is 4.79 Å². The molecule has 110 valence electrons. The lowest BCUT2D eigenvalue weighted by molar-refractivity contribution is -0.114. The van der Waals surface area contributed by atoms with Crippen molar-refractivity contribution in [3.8, 4) is 0 Å². The second-order valence-electron chi connectivity index (χ2n) is 4.80. The monoisotopic (exact) mass is 366 g/mol. The summed E-state index contributed by atoms with van der Waals surface area (Å²) in [6.07, 6.45) is 0. The fraction of sp³-hybridized carbons (Fsp3) is 0.188. The van der Waals surface area contributed by atoms with Gasteiger partial charge in [0.2, 0.25) is 5.91 Å². The molecule has 21 heavy (non-hydrogen) atoms. The van der Waals surface area contributed by atoms with Crippen molar-refractivity contribution in [3.63, 3.8) is 0 Å². The number of amides is 1. The average molecular weight is 368 g/mol. The molecule has 0 fully saturated rings. The summed E-state index contributed by atoms with van der Waals surface area (Å²) in [6, 6.07) is 13.5. The molecule has 1 unspecified atom stereocenters. The zero-order valence-corrected chi connectivity index (χ0v) is 14.1. The molecule has 0 bridgehead atoms. The van der Waals surface area contributed by atoms with Crippen LogP contribution in [0.4, 0.5) is 11.4 Å². The van der Waals surface area contributed by atoms with Gasteiger partial charge in [0.25, 0.3) is 0 Å². The Morgan fingerprint density at radius 3 is 2.71 bits per heavy atom. The minimum Gasteiger partial charge on any atom is -0.377 e. The van der Waals surface area contributed by atoms with Crippen molar-refractivity contribution >= 4 is 44.8 Å². The molecular weight excluding hydrogens is 352 g/mol. The van der Waals surface area contributed by atoms with Crippen LogP contribution in [0.15, 0.2) is 46.9 Å². The van der Waals surface area contributed by atoms with Gasteiger partial charge < -0.3 is 10.6 Å². The van der Waals surface area contributed by atoms with E-state index >= 15 is 0 Å². The Kier molecular flexibility index (Phi) is 5.26. The molecule has 0 saturated carbocycles. The number of rotatable bonds is 4. The van der Waals surface area contributed by atoms with Crippen LogP contribution in [0.1, 0.15) is 25.5 Å². The zero-order chi connectivity index (χ0) is 15.4. The van der Waals surface area contributed by atoms with Crippen molar-refractivity contribution in [2.75, 3.05) is 10.6 Å². The minimum absolute atomic E-state index is 0.0607. The highest BCUT2D eigenvalue weighted by molar-refractivity contribution is 9.10. The van der Waals surface area contributed by atoms with Gasteiger partial charge in [0.05, 0.1) is 10.7 Å². The maximum atomic E-state index is 11.1.